The third-order valence-corrected chi connectivity index (χ3v) is 4.20. The molecule has 3 N–H and O–H groups in total. The number of nitrogens with one attached hydrogen (secondary N) is 1. The molecule has 0 saturated heterocycles. The predicted molar refractivity (Wildman–Crippen MR) is 72.8 cm³/mol. The highest BCUT2D eigenvalue weighted by atomic mass is 79.9. The second kappa shape index (κ2) is 5.19. The monoisotopic (exact) mass is 296 g/mol. The average molecular weight is 297 g/mol. The Morgan fingerprint density at radius 1 is 1.47 bits per heavy atom. The van der Waals surface area contributed by atoms with E-state index in [-0.39, 0.29) is 17.9 Å². The first-order chi connectivity index (χ1) is 8.08. The number of hydrogen-bond donors (Lipinski definition) is 2. The summed E-state index contributed by atoms with van der Waals surface area (Å²) in [4.78, 5) is 12.0. The molecular formula is C13H17BrN2O. The highest BCUT2D eigenvalue weighted by molar-refractivity contribution is 9.10. The Labute approximate surface area is 110 Å². The van der Waals surface area contributed by atoms with Crippen molar-refractivity contribution in [1.82, 2.24) is 0 Å². The van der Waals surface area contributed by atoms with Crippen LogP contribution in [0.1, 0.15) is 24.8 Å². The zero-order valence-corrected chi connectivity index (χ0v) is 11.5. The Kier molecular flexibility index (Phi) is 3.84. The van der Waals surface area contributed by atoms with Crippen molar-refractivity contribution in [3.63, 3.8) is 0 Å². The zero-order chi connectivity index (χ0) is 12.4. The lowest BCUT2D eigenvalue weighted by Gasteiger charge is -2.15. The molecule has 1 amide bonds. The molecule has 0 aromatic heterocycles. The van der Waals surface area contributed by atoms with Crippen LogP contribution in [-0.2, 0) is 4.79 Å². The smallest absolute Gasteiger partial charge is 0.229 e. The van der Waals surface area contributed by atoms with Crippen LogP contribution < -0.4 is 11.1 Å². The first-order valence-electron chi connectivity index (χ1n) is 5.90. The van der Waals surface area contributed by atoms with Crippen molar-refractivity contribution in [1.29, 1.82) is 0 Å². The fraction of sp³-hybridized carbons (Fsp3) is 0.462. The molecule has 1 aromatic rings. The third kappa shape index (κ3) is 2.87. The van der Waals surface area contributed by atoms with Crippen LogP contribution in [0.3, 0.4) is 0 Å². The Bertz CT molecular complexity index is 433. The van der Waals surface area contributed by atoms with Gasteiger partial charge in [-0.15, -0.1) is 0 Å². The number of hydrogen-bond acceptors (Lipinski definition) is 2. The maximum Gasteiger partial charge on any atom is 0.229 e. The van der Waals surface area contributed by atoms with E-state index in [1.165, 1.54) is 0 Å². The van der Waals surface area contributed by atoms with Gasteiger partial charge in [0, 0.05) is 16.2 Å². The molecule has 1 aromatic carbocycles. The lowest BCUT2D eigenvalue weighted by Crippen LogP contribution is -2.34. The molecule has 17 heavy (non-hydrogen) atoms. The molecule has 3 nitrogen and oxygen atoms in total. The number of halogens is 1. The van der Waals surface area contributed by atoms with Gasteiger partial charge in [0.25, 0.3) is 0 Å². The van der Waals surface area contributed by atoms with Crippen molar-refractivity contribution < 1.29 is 4.79 Å². The Hall–Kier alpha value is -0.870. The van der Waals surface area contributed by atoms with Crippen LogP contribution in [0.5, 0.6) is 0 Å². The molecule has 0 bridgehead atoms. The van der Waals surface area contributed by atoms with E-state index in [4.69, 9.17) is 5.73 Å². The maximum atomic E-state index is 12.0. The third-order valence-electron chi connectivity index (χ3n) is 3.35. The van der Waals surface area contributed by atoms with Crippen LogP contribution in [0.2, 0.25) is 0 Å². The van der Waals surface area contributed by atoms with Crippen LogP contribution in [0, 0.1) is 12.8 Å². The predicted octanol–water partition coefficient (Wildman–Crippen LogP) is 2.82. The quantitative estimate of drug-likeness (QED) is 0.882. The topological polar surface area (TPSA) is 55.1 Å². The van der Waals surface area contributed by atoms with Crippen LogP contribution in [0.15, 0.2) is 22.7 Å². The van der Waals surface area contributed by atoms with E-state index in [1.54, 1.807) is 0 Å². The molecule has 0 spiro atoms. The summed E-state index contributed by atoms with van der Waals surface area (Å²) in [5.41, 5.74) is 7.90. The summed E-state index contributed by atoms with van der Waals surface area (Å²) in [5.74, 6) is 0.0147. The first-order valence-corrected chi connectivity index (χ1v) is 6.70. The van der Waals surface area contributed by atoms with Gasteiger partial charge in [-0.05, 0) is 37.5 Å². The molecule has 4 heteroatoms. The molecule has 1 aliphatic carbocycles. The minimum Gasteiger partial charge on any atom is -0.327 e. The van der Waals surface area contributed by atoms with Crippen molar-refractivity contribution >= 4 is 27.5 Å². The number of nitrogens with two attached hydrogens (primary N) is 1. The van der Waals surface area contributed by atoms with E-state index < -0.39 is 0 Å². The summed E-state index contributed by atoms with van der Waals surface area (Å²) in [6, 6.07) is 5.84. The molecule has 2 rings (SSSR count). The largest absolute Gasteiger partial charge is 0.327 e. The molecule has 2 atom stereocenters. The van der Waals surface area contributed by atoms with E-state index in [2.05, 4.69) is 21.2 Å². The second-order valence-electron chi connectivity index (χ2n) is 4.65. The van der Waals surface area contributed by atoms with Gasteiger partial charge in [-0.2, -0.15) is 0 Å². The second-order valence-corrected chi connectivity index (χ2v) is 5.51. The highest BCUT2D eigenvalue weighted by Gasteiger charge is 2.30. The van der Waals surface area contributed by atoms with Gasteiger partial charge >= 0.3 is 0 Å². The van der Waals surface area contributed by atoms with Gasteiger partial charge in [0.1, 0.15) is 0 Å². The van der Waals surface area contributed by atoms with Crippen molar-refractivity contribution in [2.45, 2.75) is 32.2 Å². The SMILES string of the molecule is Cc1ccc(NC(=O)C2CCCC2N)cc1Br. The van der Waals surface area contributed by atoms with Gasteiger partial charge < -0.3 is 11.1 Å². The summed E-state index contributed by atoms with van der Waals surface area (Å²) in [6.07, 6.45) is 2.91. The number of anilines is 1. The molecule has 2 unspecified atom stereocenters. The summed E-state index contributed by atoms with van der Waals surface area (Å²) in [5, 5.41) is 2.93. The van der Waals surface area contributed by atoms with E-state index >= 15 is 0 Å². The summed E-state index contributed by atoms with van der Waals surface area (Å²) in [7, 11) is 0. The summed E-state index contributed by atoms with van der Waals surface area (Å²) < 4.78 is 1.01. The zero-order valence-electron chi connectivity index (χ0n) is 9.87. The van der Waals surface area contributed by atoms with Crippen LogP contribution in [-0.4, -0.2) is 11.9 Å². The van der Waals surface area contributed by atoms with Gasteiger partial charge in [0.2, 0.25) is 5.91 Å². The highest BCUT2D eigenvalue weighted by Crippen LogP contribution is 2.26. The number of carbonyl (C=O) groups excluding carboxylic acids is 1. The summed E-state index contributed by atoms with van der Waals surface area (Å²) in [6.45, 7) is 2.02. The van der Waals surface area contributed by atoms with Gasteiger partial charge in [0.15, 0.2) is 0 Å². The fourth-order valence-corrected chi connectivity index (χ4v) is 2.60. The van der Waals surface area contributed by atoms with Crippen LogP contribution in [0.25, 0.3) is 0 Å². The molecule has 0 aliphatic heterocycles. The molecular weight excluding hydrogens is 280 g/mol. The Balaban J connectivity index is 2.05. The van der Waals surface area contributed by atoms with Crippen molar-refractivity contribution in [2.24, 2.45) is 11.7 Å². The maximum absolute atomic E-state index is 12.0. The minimum atomic E-state index is -0.0323. The van der Waals surface area contributed by atoms with Crippen molar-refractivity contribution in [3.05, 3.63) is 28.2 Å². The Morgan fingerprint density at radius 3 is 2.82 bits per heavy atom. The van der Waals surface area contributed by atoms with E-state index in [9.17, 15) is 4.79 Å². The van der Waals surface area contributed by atoms with Gasteiger partial charge in [0.05, 0.1) is 5.92 Å². The van der Waals surface area contributed by atoms with E-state index in [0.717, 1.165) is 35.0 Å². The standard InChI is InChI=1S/C13H17BrN2O/c1-8-5-6-9(7-11(8)14)16-13(17)10-3-2-4-12(10)15/h5-7,10,12H,2-4,15H2,1H3,(H,16,17). The molecule has 0 heterocycles. The normalized spacial score (nSPS) is 23.7. The van der Waals surface area contributed by atoms with E-state index in [1.807, 2.05) is 25.1 Å². The Morgan fingerprint density at radius 2 is 2.24 bits per heavy atom. The molecule has 0 radical (unpaired) electrons. The number of amides is 1. The lowest BCUT2D eigenvalue weighted by atomic mass is 10.0. The molecule has 1 aliphatic rings. The fourth-order valence-electron chi connectivity index (χ4n) is 2.22. The molecule has 1 saturated carbocycles. The van der Waals surface area contributed by atoms with E-state index in [0.29, 0.717) is 0 Å². The van der Waals surface area contributed by atoms with Crippen LogP contribution >= 0.6 is 15.9 Å². The van der Waals surface area contributed by atoms with Gasteiger partial charge in [-0.25, -0.2) is 0 Å². The number of aryl methyl sites for hydroxylation is 1. The van der Waals surface area contributed by atoms with Crippen LogP contribution in [0.4, 0.5) is 5.69 Å². The van der Waals surface area contributed by atoms with Gasteiger partial charge in [-0.1, -0.05) is 28.4 Å². The number of rotatable bonds is 2. The number of carbonyl (C=O) groups is 1. The summed E-state index contributed by atoms with van der Waals surface area (Å²) >= 11 is 3.46. The van der Waals surface area contributed by atoms with Gasteiger partial charge in [-0.3, -0.25) is 4.79 Å². The lowest BCUT2D eigenvalue weighted by molar-refractivity contribution is -0.120. The first kappa shape index (κ1) is 12.6. The molecule has 92 valence electrons. The number of benzene rings is 1. The average Bonchev–Trinajstić information content (AvgIpc) is 2.70. The van der Waals surface area contributed by atoms with Crippen molar-refractivity contribution in [2.75, 3.05) is 5.32 Å². The molecule has 1 fully saturated rings. The minimum absolute atomic E-state index is 0.0175. The van der Waals surface area contributed by atoms with Crippen molar-refractivity contribution in [3.8, 4) is 0 Å².